The quantitative estimate of drug-likeness (QED) is 0.184. The average Bonchev–Trinajstić information content (AvgIpc) is 2.67. The Kier molecular flexibility index (Phi) is 14.0. The summed E-state index contributed by atoms with van der Waals surface area (Å²) in [4.78, 5) is 26.0. The van der Waals surface area contributed by atoms with E-state index < -0.39 is 17.4 Å². The molecule has 0 spiro atoms. The molecule has 0 aliphatic carbocycles. The van der Waals surface area contributed by atoms with Crippen LogP contribution in [0, 0.1) is 17.3 Å². The zero-order valence-corrected chi connectivity index (χ0v) is 18.4. The van der Waals surface area contributed by atoms with Gasteiger partial charge in [-0.05, 0) is 37.5 Å². The van der Waals surface area contributed by atoms with E-state index in [0.717, 1.165) is 38.5 Å². The van der Waals surface area contributed by atoms with E-state index in [9.17, 15) is 9.59 Å². The van der Waals surface area contributed by atoms with Gasteiger partial charge in [-0.1, -0.05) is 72.8 Å². The Morgan fingerprint density at radius 3 is 1.59 bits per heavy atom. The summed E-state index contributed by atoms with van der Waals surface area (Å²) >= 11 is 0. The van der Waals surface area contributed by atoms with Crippen LogP contribution in [0.2, 0.25) is 0 Å². The lowest BCUT2D eigenvalue weighted by molar-refractivity contribution is -0.175. The number of hydrogen-bond acceptors (Lipinski definition) is 4. The van der Waals surface area contributed by atoms with E-state index in [1.165, 1.54) is 0 Å². The number of esters is 2. The van der Waals surface area contributed by atoms with Crippen LogP contribution in [0.3, 0.4) is 0 Å². The molecule has 0 aromatic carbocycles. The van der Waals surface area contributed by atoms with E-state index in [1.807, 2.05) is 6.92 Å². The van der Waals surface area contributed by atoms with Crippen LogP contribution in [0.25, 0.3) is 0 Å². The number of carbonyl (C=O) groups excluding carboxylic acids is 2. The molecule has 0 N–H and O–H groups in total. The third-order valence-electron chi connectivity index (χ3n) is 5.40. The first kappa shape index (κ1) is 25.7. The highest BCUT2D eigenvalue weighted by Gasteiger charge is 2.47. The fourth-order valence-electron chi connectivity index (χ4n) is 3.52. The fourth-order valence-corrected chi connectivity index (χ4v) is 3.52. The van der Waals surface area contributed by atoms with Crippen LogP contribution in [0.15, 0.2) is 12.7 Å². The highest BCUT2D eigenvalue weighted by atomic mass is 16.6. The number of hydrogen-bond donors (Lipinski definition) is 0. The molecular weight excluding hydrogens is 340 g/mol. The van der Waals surface area contributed by atoms with E-state index in [1.54, 1.807) is 6.08 Å². The third-order valence-corrected chi connectivity index (χ3v) is 5.40. The maximum atomic E-state index is 13.0. The average molecular weight is 383 g/mol. The van der Waals surface area contributed by atoms with Gasteiger partial charge in [-0.3, -0.25) is 9.59 Å². The van der Waals surface area contributed by atoms with Gasteiger partial charge in [0.2, 0.25) is 0 Å². The topological polar surface area (TPSA) is 52.6 Å². The maximum Gasteiger partial charge on any atom is 0.323 e. The van der Waals surface area contributed by atoms with Crippen molar-refractivity contribution < 1.29 is 19.1 Å². The summed E-state index contributed by atoms with van der Waals surface area (Å²) in [5.74, 6) is -0.223. The van der Waals surface area contributed by atoms with Gasteiger partial charge in [0.25, 0.3) is 0 Å². The van der Waals surface area contributed by atoms with Crippen molar-refractivity contribution >= 4 is 11.9 Å². The predicted octanol–water partition coefficient (Wildman–Crippen LogP) is 6.09. The first-order valence-corrected chi connectivity index (χ1v) is 10.9. The number of allylic oxidation sites excluding steroid dienone is 1. The van der Waals surface area contributed by atoms with Crippen molar-refractivity contribution in [3.63, 3.8) is 0 Å². The molecule has 0 saturated carbocycles. The predicted molar refractivity (Wildman–Crippen MR) is 111 cm³/mol. The molecule has 2 atom stereocenters. The minimum absolute atomic E-state index is 0.258. The molecule has 0 saturated heterocycles. The van der Waals surface area contributed by atoms with Crippen molar-refractivity contribution in [2.24, 2.45) is 17.3 Å². The van der Waals surface area contributed by atoms with Gasteiger partial charge < -0.3 is 9.47 Å². The van der Waals surface area contributed by atoms with Gasteiger partial charge in [0.05, 0.1) is 13.2 Å². The summed E-state index contributed by atoms with van der Waals surface area (Å²) in [7, 11) is 0. The van der Waals surface area contributed by atoms with Gasteiger partial charge in [0.1, 0.15) is 0 Å². The van der Waals surface area contributed by atoms with Crippen molar-refractivity contribution in [1.82, 2.24) is 0 Å². The lowest BCUT2D eigenvalue weighted by atomic mass is 9.80. The van der Waals surface area contributed by atoms with Gasteiger partial charge in [-0.25, -0.2) is 0 Å². The van der Waals surface area contributed by atoms with Crippen LogP contribution in [0.1, 0.15) is 92.4 Å². The Morgan fingerprint density at radius 2 is 1.30 bits per heavy atom. The summed E-state index contributed by atoms with van der Waals surface area (Å²) in [6, 6.07) is 0. The smallest absolute Gasteiger partial charge is 0.323 e. The molecule has 0 aromatic heterocycles. The molecule has 4 heteroatoms. The Bertz CT molecular complexity index is 400. The molecule has 27 heavy (non-hydrogen) atoms. The molecule has 0 rings (SSSR count). The van der Waals surface area contributed by atoms with Crippen molar-refractivity contribution in [2.75, 3.05) is 13.2 Å². The molecule has 2 unspecified atom stereocenters. The summed E-state index contributed by atoms with van der Waals surface area (Å²) < 4.78 is 11.3. The second-order valence-electron chi connectivity index (χ2n) is 7.65. The second kappa shape index (κ2) is 14.7. The molecular formula is C23H42O4. The van der Waals surface area contributed by atoms with E-state index in [2.05, 4.69) is 34.3 Å². The van der Waals surface area contributed by atoms with Crippen molar-refractivity contribution in [3.8, 4) is 0 Å². The monoisotopic (exact) mass is 382 g/mol. The van der Waals surface area contributed by atoms with Crippen LogP contribution >= 0.6 is 0 Å². The molecule has 0 aromatic rings. The van der Waals surface area contributed by atoms with E-state index in [-0.39, 0.29) is 6.42 Å². The molecule has 0 bridgehead atoms. The summed E-state index contributed by atoms with van der Waals surface area (Å²) in [6.07, 6.45) is 9.09. The number of ether oxygens (including phenoxy) is 2. The van der Waals surface area contributed by atoms with Crippen molar-refractivity contribution in [3.05, 3.63) is 12.7 Å². The molecule has 158 valence electrons. The summed E-state index contributed by atoms with van der Waals surface area (Å²) in [5, 5.41) is 0. The maximum absolute atomic E-state index is 13.0. The van der Waals surface area contributed by atoms with E-state index in [0.29, 0.717) is 37.9 Å². The van der Waals surface area contributed by atoms with Crippen molar-refractivity contribution in [1.29, 1.82) is 0 Å². The Hall–Kier alpha value is -1.32. The molecule has 0 aliphatic heterocycles. The normalized spacial score (nSPS) is 15.4. The Morgan fingerprint density at radius 1 is 0.852 bits per heavy atom. The fraction of sp³-hybridized carbons (Fsp3) is 0.826. The van der Waals surface area contributed by atoms with Crippen LogP contribution < -0.4 is 0 Å². The summed E-state index contributed by atoms with van der Waals surface area (Å²) in [6.45, 7) is 14.9. The number of rotatable bonds is 16. The van der Waals surface area contributed by atoms with Crippen LogP contribution in [0.5, 0.6) is 0 Å². The highest BCUT2D eigenvalue weighted by Crippen LogP contribution is 2.33. The number of carbonyl (C=O) groups is 2. The minimum atomic E-state index is -1.26. The second-order valence-corrected chi connectivity index (χ2v) is 7.65. The van der Waals surface area contributed by atoms with Crippen molar-refractivity contribution in [2.45, 2.75) is 92.4 Å². The lowest BCUT2D eigenvalue weighted by Crippen LogP contribution is -2.42. The first-order valence-electron chi connectivity index (χ1n) is 10.9. The van der Waals surface area contributed by atoms with Crippen LogP contribution in [0.4, 0.5) is 0 Å². The zero-order chi connectivity index (χ0) is 20.7. The van der Waals surface area contributed by atoms with Gasteiger partial charge in [0.15, 0.2) is 5.41 Å². The van der Waals surface area contributed by atoms with E-state index in [4.69, 9.17) is 9.47 Å². The minimum Gasteiger partial charge on any atom is -0.465 e. The standard InChI is InChI=1S/C23H42O4/c1-7-13-19(11-5)17-26-21(24)23(15-9-3,16-10-4)22(25)27-18-20(12-6)14-8-2/h9,19-20H,3,7-8,10-18H2,1-2,4-6H3. The zero-order valence-electron chi connectivity index (χ0n) is 18.4. The molecule has 0 heterocycles. The molecule has 0 aliphatic rings. The van der Waals surface area contributed by atoms with Crippen LogP contribution in [-0.4, -0.2) is 25.2 Å². The first-order chi connectivity index (χ1) is 12.9. The van der Waals surface area contributed by atoms with Gasteiger partial charge in [0, 0.05) is 0 Å². The summed E-state index contributed by atoms with van der Waals surface area (Å²) in [5.41, 5.74) is -1.26. The SMILES string of the molecule is C=CCC(CCC)(C(=O)OCC(CC)CCC)C(=O)OCC(CC)CCC. The molecule has 0 radical (unpaired) electrons. The third kappa shape index (κ3) is 8.49. The largest absolute Gasteiger partial charge is 0.465 e. The Labute approximate surface area is 167 Å². The molecule has 0 fully saturated rings. The van der Waals surface area contributed by atoms with Crippen LogP contribution in [-0.2, 0) is 19.1 Å². The highest BCUT2D eigenvalue weighted by molar-refractivity contribution is 6.00. The molecule has 0 amide bonds. The van der Waals surface area contributed by atoms with Gasteiger partial charge in [-0.15, -0.1) is 6.58 Å². The van der Waals surface area contributed by atoms with Gasteiger partial charge in [-0.2, -0.15) is 0 Å². The van der Waals surface area contributed by atoms with E-state index >= 15 is 0 Å². The molecule has 4 nitrogen and oxygen atoms in total. The lowest BCUT2D eigenvalue weighted by Gasteiger charge is -2.29. The Balaban J connectivity index is 5.23. The van der Waals surface area contributed by atoms with Gasteiger partial charge >= 0.3 is 11.9 Å².